The Bertz CT molecular complexity index is 345. The molecule has 1 saturated carbocycles. The van der Waals surface area contributed by atoms with E-state index in [1.165, 1.54) is 37.7 Å². The molecule has 1 unspecified atom stereocenters. The second-order valence-electron chi connectivity index (χ2n) is 4.99. The zero-order chi connectivity index (χ0) is 12.1. The van der Waals surface area contributed by atoms with E-state index in [0.29, 0.717) is 6.04 Å². The number of hydrogen-bond donors (Lipinski definition) is 1. The fourth-order valence-corrected chi connectivity index (χ4v) is 3.14. The van der Waals surface area contributed by atoms with Crippen molar-refractivity contribution in [1.82, 2.24) is 5.32 Å². The van der Waals surface area contributed by atoms with Crippen LogP contribution in [-0.4, -0.2) is 6.54 Å². The van der Waals surface area contributed by atoms with Crippen LogP contribution < -0.4 is 5.32 Å². The zero-order valence-corrected chi connectivity index (χ0v) is 11.3. The van der Waals surface area contributed by atoms with Gasteiger partial charge in [-0.2, -0.15) is 0 Å². The van der Waals surface area contributed by atoms with Crippen LogP contribution in [0, 0.1) is 5.92 Å². The molecule has 0 bridgehead atoms. The van der Waals surface area contributed by atoms with Crippen molar-refractivity contribution in [3.8, 4) is 0 Å². The smallest absolute Gasteiger partial charge is 0.0409 e. The summed E-state index contributed by atoms with van der Waals surface area (Å²) in [5.74, 6) is 0.780. The van der Waals surface area contributed by atoms with Crippen LogP contribution in [0.3, 0.4) is 0 Å². The van der Waals surface area contributed by atoms with E-state index in [1.807, 2.05) is 6.07 Å². The van der Waals surface area contributed by atoms with Gasteiger partial charge in [-0.05, 0) is 43.0 Å². The molecule has 0 heterocycles. The summed E-state index contributed by atoms with van der Waals surface area (Å²) in [6.45, 7) is 3.20. The molecule has 0 amide bonds. The number of halogens is 1. The fraction of sp³-hybridized carbons (Fsp3) is 0.600. The first-order valence-corrected chi connectivity index (χ1v) is 7.18. The van der Waals surface area contributed by atoms with E-state index in [-0.39, 0.29) is 0 Å². The van der Waals surface area contributed by atoms with Crippen LogP contribution in [0.15, 0.2) is 24.3 Å². The second kappa shape index (κ2) is 6.42. The van der Waals surface area contributed by atoms with Crippen molar-refractivity contribution in [3.63, 3.8) is 0 Å². The van der Waals surface area contributed by atoms with Gasteiger partial charge in [-0.25, -0.2) is 0 Å². The summed E-state index contributed by atoms with van der Waals surface area (Å²) in [5.41, 5.74) is 1.35. The molecule has 0 saturated heterocycles. The Hall–Kier alpha value is -0.530. The maximum Gasteiger partial charge on any atom is 0.0409 e. The molecule has 0 aromatic heterocycles. The van der Waals surface area contributed by atoms with Crippen LogP contribution in [0.1, 0.15) is 50.6 Å². The monoisotopic (exact) mass is 251 g/mol. The van der Waals surface area contributed by atoms with E-state index in [4.69, 9.17) is 11.6 Å². The molecule has 1 aliphatic carbocycles. The molecule has 1 nitrogen and oxygen atoms in total. The molecule has 0 radical (unpaired) electrons. The van der Waals surface area contributed by atoms with Crippen molar-refractivity contribution in [2.24, 2.45) is 5.92 Å². The molecule has 1 aliphatic rings. The predicted molar refractivity (Wildman–Crippen MR) is 74.4 cm³/mol. The standard InChI is InChI=1S/C15H22ClN/c1-2-17-15(12-7-4-3-5-8-12)13-9-6-10-14(16)11-13/h6,9-12,15,17H,2-5,7-8H2,1H3. The minimum absolute atomic E-state index is 0.485. The number of hydrogen-bond acceptors (Lipinski definition) is 1. The molecule has 2 rings (SSSR count). The normalized spacial score (nSPS) is 19.2. The first kappa shape index (κ1) is 12.9. The van der Waals surface area contributed by atoms with Crippen molar-refractivity contribution in [2.45, 2.75) is 45.1 Å². The lowest BCUT2D eigenvalue weighted by atomic mass is 9.81. The largest absolute Gasteiger partial charge is 0.310 e. The van der Waals surface area contributed by atoms with E-state index < -0.39 is 0 Å². The van der Waals surface area contributed by atoms with Gasteiger partial charge in [0.15, 0.2) is 0 Å². The molecular weight excluding hydrogens is 230 g/mol. The van der Waals surface area contributed by atoms with Gasteiger partial charge in [0, 0.05) is 11.1 Å². The zero-order valence-electron chi connectivity index (χ0n) is 10.6. The molecule has 1 fully saturated rings. The van der Waals surface area contributed by atoms with Gasteiger partial charge >= 0.3 is 0 Å². The predicted octanol–water partition coefficient (Wildman–Crippen LogP) is 4.57. The average molecular weight is 252 g/mol. The topological polar surface area (TPSA) is 12.0 Å². The molecule has 17 heavy (non-hydrogen) atoms. The molecule has 2 heteroatoms. The molecule has 1 aromatic rings. The van der Waals surface area contributed by atoms with Crippen molar-refractivity contribution < 1.29 is 0 Å². The minimum atomic E-state index is 0.485. The van der Waals surface area contributed by atoms with E-state index in [2.05, 4.69) is 30.4 Å². The lowest BCUT2D eigenvalue weighted by Crippen LogP contribution is -2.29. The molecule has 94 valence electrons. The van der Waals surface area contributed by atoms with Crippen molar-refractivity contribution >= 4 is 11.6 Å². The summed E-state index contributed by atoms with van der Waals surface area (Å²) in [7, 11) is 0. The average Bonchev–Trinajstić information content (AvgIpc) is 2.37. The maximum absolute atomic E-state index is 6.10. The summed E-state index contributed by atoms with van der Waals surface area (Å²) in [4.78, 5) is 0. The second-order valence-corrected chi connectivity index (χ2v) is 5.42. The lowest BCUT2D eigenvalue weighted by Gasteiger charge is -2.31. The van der Waals surface area contributed by atoms with E-state index in [1.54, 1.807) is 0 Å². The molecular formula is C15H22ClN. The van der Waals surface area contributed by atoms with Crippen LogP contribution in [0.5, 0.6) is 0 Å². The summed E-state index contributed by atoms with van der Waals surface area (Å²) in [6.07, 6.45) is 6.87. The maximum atomic E-state index is 6.10. The third-order valence-corrected chi connectivity index (χ3v) is 3.99. The summed E-state index contributed by atoms with van der Waals surface area (Å²) >= 11 is 6.10. The van der Waals surface area contributed by atoms with Crippen LogP contribution in [0.25, 0.3) is 0 Å². The summed E-state index contributed by atoms with van der Waals surface area (Å²) in [5, 5.41) is 4.49. The Morgan fingerprint density at radius 3 is 2.71 bits per heavy atom. The van der Waals surface area contributed by atoms with Gasteiger partial charge in [-0.1, -0.05) is 49.9 Å². The first-order valence-electron chi connectivity index (χ1n) is 6.80. The van der Waals surface area contributed by atoms with Crippen LogP contribution in [0.4, 0.5) is 0 Å². The highest BCUT2D eigenvalue weighted by atomic mass is 35.5. The Balaban J connectivity index is 2.15. The van der Waals surface area contributed by atoms with Gasteiger partial charge < -0.3 is 5.32 Å². The van der Waals surface area contributed by atoms with Crippen molar-refractivity contribution in [2.75, 3.05) is 6.54 Å². The van der Waals surface area contributed by atoms with Gasteiger partial charge in [0.05, 0.1) is 0 Å². The van der Waals surface area contributed by atoms with Gasteiger partial charge in [0.2, 0.25) is 0 Å². The van der Waals surface area contributed by atoms with Crippen LogP contribution in [-0.2, 0) is 0 Å². The highest BCUT2D eigenvalue weighted by Crippen LogP contribution is 2.34. The molecule has 1 aromatic carbocycles. The van der Waals surface area contributed by atoms with E-state index in [9.17, 15) is 0 Å². The minimum Gasteiger partial charge on any atom is -0.310 e. The Morgan fingerprint density at radius 2 is 2.06 bits per heavy atom. The van der Waals surface area contributed by atoms with Gasteiger partial charge in [-0.15, -0.1) is 0 Å². The number of nitrogens with one attached hydrogen (secondary N) is 1. The molecule has 0 aliphatic heterocycles. The highest BCUT2D eigenvalue weighted by Gasteiger charge is 2.24. The van der Waals surface area contributed by atoms with Crippen LogP contribution in [0.2, 0.25) is 5.02 Å². The van der Waals surface area contributed by atoms with Gasteiger partial charge in [0.25, 0.3) is 0 Å². The van der Waals surface area contributed by atoms with Gasteiger partial charge in [0.1, 0.15) is 0 Å². The first-order chi connectivity index (χ1) is 8.31. The number of rotatable bonds is 4. The van der Waals surface area contributed by atoms with E-state index >= 15 is 0 Å². The quantitative estimate of drug-likeness (QED) is 0.827. The molecule has 1 atom stereocenters. The SMILES string of the molecule is CCNC(c1cccc(Cl)c1)C1CCCCC1. The van der Waals surface area contributed by atoms with Crippen LogP contribution >= 0.6 is 11.6 Å². The Morgan fingerprint density at radius 1 is 1.29 bits per heavy atom. The summed E-state index contributed by atoms with van der Waals surface area (Å²) in [6, 6.07) is 8.82. The molecule has 1 N–H and O–H groups in total. The highest BCUT2D eigenvalue weighted by molar-refractivity contribution is 6.30. The van der Waals surface area contributed by atoms with E-state index in [0.717, 1.165) is 17.5 Å². The fourth-order valence-electron chi connectivity index (χ4n) is 2.94. The molecule has 0 spiro atoms. The van der Waals surface area contributed by atoms with Crippen molar-refractivity contribution in [1.29, 1.82) is 0 Å². The lowest BCUT2D eigenvalue weighted by molar-refractivity contribution is 0.274. The van der Waals surface area contributed by atoms with Gasteiger partial charge in [-0.3, -0.25) is 0 Å². The van der Waals surface area contributed by atoms with Crippen molar-refractivity contribution in [3.05, 3.63) is 34.9 Å². The Labute approximate surface area is 110 Å². The third kappa shape index (κ3) is 3.46. The third-order valence-electron chi connectivity index (χ3n) is 3.75. The Kier molecular flexibility index (Phi) is 4.87. The number of benzene rings is 1. The summed E-state index contributed by atoms with van der Waals surface area (Å²) < 4.78 is 0.